The first-order chi connectivity index (χ1) is 7.87. The van der Waals surface area contributed by atoms with Crippen molar-refractivity contribution in [3.05, 3.63) is 0 Å². The Balaban J connectivity index is 4.70. The Morgan fingerprint density at radius 3 is 1.76 bits per heavy atom. The van der Waals surface area contributed by atoms with E-state index in [1.54, 1.807) is 0 Å². The van der Waals surface area contributed by atoms with E-state index in [0.717, 1.165) is 0 Å². The third-order valence-electron chi connectivity index (χ3n) is 2.93. The average molecular weight is 282 g/mol. The van der Waals surface area contributed by atoms with E-state index in [0.29, 0.717) is 25.5 Å². The highest BCUT2D eigenvalue weighted by molar-refractivity contribution is 7.64. The first-order valence-corrected chi connectivity index (χ1v) is 10.8. The zero-order valence-corrected chi connectivity index (χ0v) is 13.9. The lowest BCUT2D eigenvalue weighted by Crippen LogP contribution is -2.45. The predicted octanol–water partition coefficient (Wildman–Crippen LogP) is 3.39. The molecule has 0 fully saturated rings. The van der Waals surface area contributed by atoms with E-state index < -0.39 is 15.9 Å². The van der Waals surface area contributed by atoms with Gasteiger partial charge < -0.3 is 17.8 Å². The maximum Gasteiger partial charge on any atom is 0.498 e. The van der Waals surface area contributed by atoms with Crippen LogP contribution in [0.15, 0.2) is 0 Å². The predicted molar refractivity (Wildman–Crippen MR) is 74.1 cm³/mol. The fourth-order valence-corrected chi connectivity index (χ4v) is 6.48. The SMILES string of the molecule is CCO[Si](C)(OCC)OC(C)P(=O)(CC)CC. The highest BCUT2D eigenvalue weighted by Crippen LogP contribution is 2.51. The van der Waals surface area contributed by atoms with Crippen LogP contribution in [-0.2, 0) is 17.8 Å². The number of rotatable bonds is 9. The second-order valence-corrected chi connectivity index (χ2v) is 10.5. The minimum Gasteiger partial charge on any atom is -0.374 e. The Bertz CT molecular complexity index is 246. The van der Waals surface area contributed by atoms with E-state index in [-0.39, 0.29) is 5.85 Å². The minimum absolute atomic E-state index is 0.285. The van der Waals surface area contributed by atoms with Crippen LogP contribution in [0, 0.1) is 0 Å². The van der Waals surface area contributed by atoms with Crippen LogP contribution < -0.4 is 0 Å². The first-order valence-electron chi connectivity index (χ1n) is 6.40. The van der Waals surface area contributed by atoms with Gasteiger partial charge in [0.2, 0.25) is 0 Å². The monoisotopic (exact) mass is 282 g/mol. The van der Waals surface area contributed by atoms with Crippen molar-refractivity contribution in [2.24, 2.45) is 0 Å². The van der Waals surface area contributed by atoms with E-state index in [1.165, 1.54) is 0 Å². The lowest BCUT2D eigenvalue weighted by atomic mass is 10.9. The summed E-state index contributed by atoms with van der Waals surface area (Å²) in [5, 5.41) is 0. The van der Waals surface area contributed by atoms with E-state index >= 15 is 0 Å². The van der Waals surface area contributed by atoms with Crippen molar-refractivity contribution in [3.8, 4) is 0 Å². The zero-order valence-electron chi connectivity index (χ0n) is 12.0. The molecule has 0 aliphatic carbocycles. The van der Waals surface area contributed by atoms with Gasteiger partial charge in [0, 0.05) is 32.1 Å². The van der Waals surface area contributed by atoms with Gasteiger partial charge in [0.15, 0.2) is 0 Å². The van der Waals surface area contributed by atoms with Crippen LogP contribution in [0.1, 0.15) is 34.6 Å². The molecule has 1 unspecified atom stereocenters. The van der Waals surface area contributed by atoms with Gasteiger partial charge in [-0.1, -0.05) is 13.8 Å². The molecule has 104 valence electrons. The van der Waals surface area contributed by atoms with Gasteiger partial charge in [-0.2, -0.15) is 0 Å². The van der Waals surface area contributed by atoms with Gasteiger partial charge >= 0.3 is 8.80 Å². The van der Waals surface area contributed by atoms with Crippen molar-refractivity contribution < 1.29 is 17.8 Å². The van der Waals surface area contributed by atoms with Crippen molar-refractivity contribution in [2.45, 2.75) is 47.0 Å². The van der Waals surface area contributed by atoms with Crippen LogP contribution in [0.4, 0.5) is 0 Å². The first kappa shape index (κ1) is 17.3. The number of hydrogen-bond acceptors (Lipinski definition) is 4. The maximum atomic E-state index is 12.5. The van der Waals surface area contributed by atoms with Crippen LogP contribution >= 0.6 is 7.14 Å². The molecule has 1 atom stereocenters. The number of hydrogen-bond donors (Lipinski definition) is 0. The van der Waals surface area contributed by atoms with E-state index in [4.69, 9.17) is 13.3 Å². The van der Waals surface area contributed by atoms with Crippen molar-refractivity contribution in [2.75, 3.05) is 25.5 Å². The lowest BCUT2D eigenvalue weighted by Gasteiger charge is -2.31. The summed E-state index contributed by atoms with van der Waals surface area (Å²) in [6.07, 6.45) is 1.32. The summed E-state index contributed by atoms with van der Waals surface area (Å²) in [4.78, 5) is 0. The molecule has 0 amide bonds. The third kappa shape index (κ3) is 5.22. The molecule has 0 aliphatic rings. The third-order valence-corrected chi connectivity index (χ3v) is 9.11. The normalized spacial score (nSPS) is 14.9. The highest BCUT2D eigenvalue weighted by atomic mass is 31.2. The molecular formula is C11H27O4PSi. The van der Waals surface area contributed by atoms with Crippen LogP contribution in [0.25, 0.3) is 0 Å². The Labute approximate surface area is 107 Å². The van der Waals surface area contributed by atoms with Gasteiger partial charge in [0.05, 0.1) is 5.85 Å². The quantitative estimate of drug-likeness (QED) is 0.480. The van der Waals surface area contributed by atoms with Crippen molar-refractivity contribution in [3.63, 3.8) is 0 Å². The van der Waals surface area contributed by atoms with E-state index in [9.17, 15) is 4.57 Å². The Morgan fingerprint density at radius 2 is 1.47 bits per heavy atom. The van der Waals surface area contributed by atoms with Gasteiger partial charge in [-0.25, -0.2) is 0 Å². The molecule has 4 nitrogen and oxygen atoms in total. The fraction of sp³-hybridized carbons (Fsp3) is 1.00. The largest absolute Gasteiger partial charge is 0.498 e. The minimum atomic E-state index is -2.63. The Kier molecular flexibility index (Phi) is 7.84. The summed E-state index contributed by atoms with van der Waals surface area (Å²) in [5.41, 5.74) is 0. The highest BCUT2D eigenvalue weighted by Gasteiger charge is 2.40. The van der Waals surface area contributed by atoms with Crippen LogP contribution in [0.3, 0.4) is 0 Å². The van der Waals surface area contributed by atoms with Gasteiger partial charge in [0.25, 0.3) is 0 Å². The molecule has 0 N–H and O–H groups in total. The summed E-state index contributed by atoms with van der Waals surface area (Å²) < 4.78 is 29.6. The summed E-state index contributed by atoms with van der Waals surface area (Å²) >= 11 is 0. The van der Waals surface area contributed by atoms with Crippen molar-refractivity contribution >= 4 is 15.9 Å². The topological polar surface area (TPSA) is 44.8 Å². The van der Waals surface area contributed by atoms with Gasteiger partial charge in [-0.05, 0) is 20.8 Å². The molecule has 17 heavy (non-hydrogen) atoms. The second kappa shape index (κ2) is 7.69. The van der Waals surface area contributed by atoms with Gasteiger partial charge in [-0.15, -0.1) is 0 Å². The second-order valence-electron chi connectivity index (χ2n) is 4.03. The molecule has 0 saturated heterocycles. The van der Waals surface area contributed by atoms with Crippen LogP contribution in [-0.4, -0.2) is 40.2 Å². The van der Waals surface area contributed by atoms with Crippen molar-refractivity contribution in [1.82, 2.24) is 0 Å². The van der Waals surface area contributed by atoms with E-state index in [1.807, 2.05) is 41.2 Å². The Hall–Kier alpha value is 0.327. The Morgan fingerprint density at radius 1 is 1.06 bits per heavy atom. The van der Waals surface area contributed by atoms with Crippen molar-refractivity contribution in [1.29, 1.82) is 0 Å². The average Bonchev–Trinajstić information content (AvgIpc) is 2.28. The molecule has 0 aliphatic heterocycles. The van der Waals surface area contributed by atoms with Gasteiger partial charge in [-0.3, -0.25) is 0 Å². The van der Waals surface area contributed by atoms with E-state index in [2.05, 4.69) is 0 Å². The van der Waals surface area contributed by atoms with Crippen LogP contribution in [0.2, 0.25) is 6.55 Å². The molecule has 0 heterocycles. The lowest BCUT2D eigenvalue weighted by molar-refractivity contribution is 0.0663. The maximum absolute atomic E-state index is 12.5. The molecule has 0 rings (SSSR count). The molecule has 0 bridgehead atoms. The fourth-order valence-electron chi connectivity index (χ4n) is 1.78. The molecule has 0 aromatic heterocycles. The summed E-state index contributed by atoms with van der Waals surface area (Å²) in [6.45, 7) is 12.6. The summed E-state index contributed by atoms with van der Waals surface area (Å²) in [7, 11) is -4.89. The zero-order chi connectivity index (χ0) is 13.5. The summed E-state index contributed by atoms with van der Waals surface area (Å²) in [5.74, 6) is -0.285. The van der Waals surface area contributed by atoms with Crippen LogP contribution in [0.5, 0.6) is 0 Å². The standard InChI is InChI=1S/C11H27O4PSi/c1-7-13-17(6,14-8-2)15-11(5)16(12,9-3)10-4/h11H,7-10H2,1-6H3. The molecule has 6 heteroatoms. The molecular weight excluding hydrogens is 255 g/mol. The van der Waals surface area contributed by atoms with Gasteiger partial charge in [0.1, 0.15) is 7.14 Å². The summed E-state index contributed by atoms with van der Waals surface area (Å²) in [6, 6.07) is 0. The molecule has 0 spiro atoms. The smallest absolute Gasteiger partial charge is 0.374 e. The molecule has 0 aromatic carbocycles. The molecule has 0 saturated carbocycles. The molecule has 0 radical (unpaired) electrons. The molecule has 0 aromatic rings.